The van der Waals surface area contributed by atoms with Crippen LogP contribution in [0.3, 0.4) is 0 Å². The molecular weight excluding hydrogens is 1530 g/mol. The molecular formula is C70H78Cl2N12O16S6. The molecule has 0 unspecified atom stereocenters. The number of benzene rings is 3. The molecule has 3 aliphatic rings. The minimum absolute atomic E-state index is 0.177. The molecule has 36 heteroatoms. The van der Waals surface area contributed by atoms with Gasteiger partial charge in [0.2, 0.25) is 17.3 Å². The van der Waals surface area contributed by atoms with Gasteiger partial charge in [0.25, 0.3) is 0 Å². The number of carbonyl (C=O) groups excluding carboxylic acids is 3. The lowest BCUT2D eigenvalue weighted by atomic mass is 10.0. The second-order valence-electron chi connectivity index (χ2n) is 25.9. The van der Waals surface area contributed by atoms with Crippen molar-refractivity contribution >= 4 is 123 Å². The topological polar surface area (TPSA) is 443 Å². The number of methoxy groups -OCH3 is 1. The molecule has 0 saturated heterocycles. The number of carbonyl (C=O) groups is 3. The van der Waals surface area contributed by atoms with Gasteiger partial charge >= 0.3 is 30.9 Å². The summed E-state index contributed by atoms with van der Waals surface area (Å²) < 4.78 is 85.7. The van der Waals surface area contributed by atoms with Crippen LogP contribution in [0.1, 0.15) is 133 Å². The highest BCUT2D eigenvalue weighted by Gasteiger charge is 2.38. The Labute approximate surface area is 635 Å². The molecule has 0 spiro atoms. The van der Waals surface area contributed by atoms with Crippen LogP contribution in [0.4, 0.5) is 17.5 Å². The highest BCUT2D eigenvalue weighted by Crippen LogP contribution is 2.36. The molecule has 6 heterocycles. The van der Waals surface area contributed by atoms with Crippen molar-refractivity contribution in [3.05, 3.63) is 224 Å². The monoisotopic (exact) mass is 1600 g/mol. The first kappa shape index (κ1) is 81.0. The van der Waals surface area contributed by atoms with E-state index in [9.17, 15) is 55.0 Å². The van der Waals surface area contributed by atoms with E-state index in [2.05, 4.69) is 83.5 Å². The Kier molecular flexibility index (Phi) is 27.9. The fourth-order valence-electron chi connectivity index (χ4n) is 12.7. The van der Waals surface area contributed by atoms with Crippen LogP contribution in [0.2, 0.25) is 10.0 Å². The Morgan fingerprint density at radius 2 is 0.906 bits per heavy atom. The molecule has 0 amide bonds. The predicted octanol–water partition coefficient (Wildman–Crippen LogP) is 8.46. The van der Waals surface area contributed by atoms with Gasteiger partial charge in [0.1, 0.15) is 36.4 Å². The average Bonchev–Trinajstić information content (AvgIpc) is 1.54. The number of nitrogens with one attached hydrogen (secondary N) is 3. The number of aryl methyl sites for hydroxylation is 2. The summed E-state index contributed by atoms with van der Waals surface area (Å²) in [6, 6.07) is 28.4. The number of rotatable bonds is 29. The Hall–Kier alpha value is -7.56. The summed E-state index contributed by atoms with van der Waals surface area (Å²) in [7, 11) is -10.7. The van der Waals surface area contributed by atoms with Gasteiger partial charge in [-0.25, -0.2) is 45.3 Å². The van der Waals surface area contributed by atoms with Crippen molar-refractivity contribution in [1.82, 2.24) is 29.9 Å². The van der Waals surface area contributed by atoms with E-state index in [4.69, 9.17) is 43.4 Å². The van der Waals surface area contributed by atoms with Crippen LogP contribution < -0.4 is 31.4 Å². The van der Waals surface area contributed by atoms with Gasteiger partial charge in [0.05, 0.1) is 76.1 Å². The minimum atomic E-state index is -4.10. The molecule has 9 atom stereocenters. The maximum Gasteiger partial charge on any atom is 0.333 e. The summed E-state index contributed by atoms with van der Waals surface area (Å²) >= 11 is 16.3. The summed E-state index contributed by atoms with van der Waals surface area (Å²) in [5.74, 6) is -0.809. The number of ether oxygens (including phenoxy) is 1. The lowest BCUT2D eigenvalue weighted by Crippen LogP contribution is -2.24. The van der Waals surface area contributed by atoms with Crippen LogP contribution in [0.15, 0.2) is 134 Å². The Bertz CT molecular complexity index is 4940. The van der Waals surface area contributed by atoms with E-state index in [1.165, 1.54) is 82.7 Å². The normalized spacial score (nSPS) is 20.1. The largest absolute Gasteiger partial charge is 0.393 e. The lowest BCUT2D eigenvalue weighted by molar-refractivity contribution is 0.100. The second-order valence-corrected chi connectivity index (χ2v) is 33.7. The number of anilines is 3. The zero-order valence-electron chi connectivity index (χ0n) is 57.4. The number of hydrogen-bond acceptors (Lipinski definition) is 28. The number of thiophene rings is 3. The third-order valence-electron chi connectivity index (χ3n) is 17.8. The van der Waals surface area contributed by atoms with Gasteiger partial charge in [-0.15, -0.1) is 34.0 Å². The van der Waals surface area contributed by atoms with E-state index in [1.54, 1.807) is 7.11 Å². The molecule has 0 bridgehead atoms. The van der Waals surface area contributed by atoms with Crippen molar-refractivity contribution < 1.29 is 72.2 Å². The third-order valence-corrected chi connectivity index (χ3v) is 22.9. The van der Waals surface area contributed by atoms with Gasteiger partial charge in [0.15, 0.2) is 0 Å². The molecule has 0 aliphatic heterocycles. The number of ketones is 3. The third kappa shape index (κ3) is 23.5. The van der Waals surface area contributed by atoms with Crippen LogP contribution in [0.5, 0.6) is 0 Å². The fourth-order valence-corrected chi connectivity index (χ4v) is 17.2. The maximum atomic E-state index is 13.5. The first-order chi connectivity index (χ1) is 50.4. The highest BCUT2D eigenvalue weighted by atomic mass is 35.5. The first-order valence-electron chi connectivity index (χ1n) is 33.1. The number of aliphatic hydroxyl groups excluding tert-OH is 3. The first-order valence-corrected chi connectivity index (χ1v) is 40.8. The van der Waals surface area contributed by atoms with E-state index in [-0.39, 0.29) is 55.3 Å². The standard InChI is InChI=1S/C24H27ClN4O6S2.C24H28N4O5S2.C22H23ClN4O5S2/c1-34-12-22-15(5-14-3-2-4-17(25)6-14)8-21(36-22)23(31)19-10-27-13-28-24(19)29-18-7-16(20(30)9-18)11-35-37(26,32)33;1-14-4-3-5-16(6-14)7-17-9-22(34-15(17)2)23(30)20-11-26-13-27-24(20)28-19-8-18(21(29)10-19)12-33-35(25,31)32;23-16-3-1-2-13(5-16)4-14-6-20(33-11-14)21(29)18-9-25-12-26-22(18)27-17-7-15(19(28)8-17)10-32-34(24,30)31/h2-4,6,8,10,13,16,18,20,30H,5,7,9,11-12H2,1H3,(H2,26,32,33)(H,27,28,29);3-6,9,11,13,18-19,21,29H,7-8,10,12H2,1-2H3,(H2,25,31,32)(H,26,27,28);1-3,5-6,9,11-12,15,17,19,28H,4,7-8,10H2,(H2,24,30,31)(H,25,26,27)/t16-,18-,20+;18-,19-,21+;15-,17-,19+/m111/s1. The van der Waals surface area contributed by atoms with E-state index >= 15 is 0 Å². The SMILES string of the molecule is COCc1sc(C(=O)c2cncnc2N[C@@H]2C[C@H](COS(N)(=O)=O)[C@@H](O)C2)cc1Cc1cccc(Cl)c1.Cc1cccc(Cc2cc(C(=O)c3cncnc3N[C@@H]3C[C@H](COS(N)(=O)=O)[C@@H](O)C3)sc2C)c1.NS(=O)(=O)OC[C@H]1C[C@@H](Nc2ncncc2C(=O)c2cc(Cc3cccc(Cl)c3)cs2)C[C@@H]1O. The Balaban J connectivity index is 0.000000170. The number of nitrogens with two attached hydrogens (primary N) is 3. The van der Waals surface area contributed by atoms with E-state index < -0.39 is 67.0 Å². The van der Waals surface area contributed by atoms with Gasteiger partial charge in [0, 0.05) is 81.4 Å². The number of aromatic nitrogens is 6. The Morgan fingerprint density at radius 1 is 0.509 bits per heavy atom. The van der Waals surface area contributed by atoms with Crippen LogP contribution >= 0.6 is 57.2 Å². The summed E-state index contributed by atoms with van der Waals surface area (Å²) in [5.41, 5.74) is 8.48. The molecule has 3 fully saturated rings. The number of hydrogen-bond donors (Lipinski definition) is 9. The molecule has 3 saturated carbocycles. The van der Waals surface area contributed by atoms with Gasteiger partial charge in [-0.1, -0.05) is 77.3 Å². The average molecular weight is 1610 g/mol. The smallest absolute Gasteiger partial charge is 0.333 e. The summed E-state index contributed by atoms with van der Waals surface area (Å²) in [6.07, 6.45) is 10.4. The van der Waals surface area contributed by atoms with Crippen molar-refractivity contribution in [2.45, 2.75) is 115 Å². The van der Waals surface area contributed by atoms with Crippen LogP contribution in [0.25, 0.3) is 0 Å². The van der Waals surface area contributed by atoms with Crippen molar-refractivity contribution in [3.8, 4) is 0 Å². The van der Waals surface area contributed by atoms with E-state index in [1.807, 2.05) is 85.1 Å². The van der Waals surface area contributed by atoms with Gasteiger partial charge in [-0.2, -0.15) is 25.3 Å². The molecule has 106 heavy (non-hydrogen) atoms. The number of halogens is 2. The van der Waals surface area contributed by atoms with Gasteiger partial charge in [-0.3, -0.25) is 26.9 Å². The fraction of sp³-hybridized carbons (Fsp3) is 0.357. The minimum Gasteiger partial charge on any atom is -0.393 e. The summed E-state index contributed by atoms with van der Waals surface area (Å²) in [6.45, 7) is 3.80. The molecule has 28 nitrogen and oxygen atoms in total. The number of nitrogens with zero attached hydrogens (tertiary/aromatic N) is 6. The van der Waals surface area contributed by atoms with Crippen molar-refractivity contribution in [2.24, 2.45) is 33.2 Å². The summed E-state index contributed by atoms with van der Waals surface area (Å²) in [4.78, 5) is 68.7. The van der Waals surface area contributed by atoms with Crippen molar-refractivity contribution in [3.63, 3.8) is 0 Å². The second kappa shape index (κ2) is 36.6. The van der Waals surface area contributed by atoms with Gasteiger partial charge < -0.3 is 36.0 Å². The van der Waals surface area contributed by atoms with E-state index in [0.29, 0.717) is 117 Å². The zero-order chi connectivity index (χ0) is 76.0. The lowest BCUT2D eigenvalue weighted by Gasteiger charge is -2.15. The molecule has 3 aliphatic carbocycles. The van der Waals surface area contributed by atoms with E-state index in [0.717, 1.165) is 44.0 Å². The zero-order valence-corrected chi connectivity index (χ0v) is 63.8. The predicted molar refractivity (Wildman–Crippen MR) is 403 cm³/mol. The van der Waals surface area contributed by atoms with Crippen LogP contribution in [-0.2, 0) is 74.1 Å². The number of aliphatic hydroxyl groups is 3. The molecule has 0 radical (unpaired) electrons. The van der Waals surface area contributed by atoms with Gasteiger partial charge in [-0.05, 0) is 153 Å². The molecule has 564 valence electrons. The summed E-state index contributed by atoms with van der Waals surface area (Å²) in [5, 5.41) is 58.4. The Morgan fingerprint density at radius 3 is 1.33 bits per heavy atom. The molecule has 9 aromatic rings. The van der Waals surface area contributed by atoms with Crippen LogP contribution in [0, 0.1) is 31.6 Å². The highest BCUT2D eigenvalue weighted by molar-refractivity contribution is 7.84. The van der Waals surface area contributed by atoms with Crippen LogP contribution in [-0.4, -0.2) is 151 Å². The quantitative estimate of drug-likeness (QED) is 0.0198. The molecule has 12 N–H and O–H groups in total. The molecule has 12 rings (SSSR count). The molecule has 3 aromatic carbocycles. The van der Waals surface area contributed by atoms with Crippen molar-refractivity contribution in [1.29, 1.82) is 0 Å². The molecule has 6 aromatic heterocycles. The van der Waals surface area contributed by atoms with Crippen molar-refractivity contribution in [2.75, 3.05) is 42.9 Å². The maximum absolute atomic E-state index is 13.5.